The molecule has 8 heteroatoms. The number of carbonyl (C=O) groups is 1. The summed E-state index contributed by atoms with van der Waals surface area (Å²) in [4.78, 5) is 11.3. The molecule has 1 aromatic rings. The van der Waals surface area contributed by atoms with Crippen molar-refractivity contribution in [2.24, 2.45) is 0 Å². The zero-order chi connectivity index (χ0) is 16.6. The minimum Gasteiger partial charge on any atom is -0.497 e. The molecule has 0 spiro atoms. The molecule has 124 valence electrons. The molecule has 1 rings (SSSR count). The SMILES string of the molecule is COc1ccc(OC)c(CCNC(=O)COCC(F)(F)F)c1. The summed E-state index contributed by atoms with van der Waals surface area (Å²) in [5, 5.41) is 2.48. The fourth-order valence-electron chi connectivity index (χ4n) is 1.72. The molecule has 0 unspecified atom stereocenters. The lowest BCUT2D eigenvalue weighted by Crippen LogP contribution is -2.31. The summed E-state index contributed by atoms with van der Waals surface area (Å²) in [6.45, 7) is -1.82. The van der Waals surface area contributed by atoms with E-state index < -0.39 is 25.3 Å². The Morgan fingerprint density at radius 2 is 1.95 bits per heavy atom. The van der Waals surface area contributed by atoms with Crippen molar-refractivity contribution >= 4 is 5.91 Å². The van der Waals surface area contributed by atoms with Gasteiger partial charge in [-0.1, -0.05) is 0 Å². The van der Waals surface area contributed by atoms with E-state index in [9.17, 15) is 18.0 Å². The van der Waals surface area contributed by atoms with Gasteiger partial charge in [0.1, 0.15) is 24.7 Å². The number of hydrogen-bond acceptors (Lipinski definition) is 4. The minimum absolute atomic E-state index is 0.248. The van der Waals surface area contributed by atoms with Crippen molar-refractivity contribution in [1.29, 1.82) is 0 Å². The van der Waals surface area contributed by atoms with E-state index in [-0.39, 0.29) is 6.54 Å². The van der Waals surface area contributed by atoms with Crippen molar-refractivity contribution < 1.29 is 32.2 Å². The van der Waals surface area contributed by atoms with E-state index in [1.807, 2.05) is 0 Å². The summed E-state index contributed by atoms with van der Waals surface area (Å²) in [7, 11) is 3.06. The summed E-state index contributed by atoms with van der Waals surface area (Å²) >= 11 is 0. The average Bonchev–Trinajstić information content (AvgIpc) is 2.45. The van der Waals surface area contributed by atoms with E-state index in [0.29, 0.717) is 17.9 Å². The molecule has 0 heterocycles. The van der Waals surface area contributed by atoms with Crippen LogP contribution in [-0.4, -0.2) is 46.1 Å². The van der Waals surface area contributed by atoms with Crippen molar-refractivity contribution in [3.05, 3.63) is 23.8 Å². The van der Waals surface area contributed by atoms with Crippen molar-refractivity contribution in [3.8, 4) is 11.5 Å². The fraction of sp³-hybridized carbons (Fsp3) is 0.500. The van der Waals surface area contributed by atoms with Crippen LogP contribution in [0, 0.1) is 0 Å². The van der Waals surface area contributed by atoms with Crippen LogP contribution >= 0.6 is 0 Å². The third kappa shape index (κ3) is 6.66. The third-order valence-electron chi connectivity index (χ3n) is 2.70. The zero-order valence-electron chi connectivity index (χ0n) is 12.3. The van der Waals surface area contributed by atoms with Crippen LogP contribution in [-0.2, 0) is 16.0 Å². The molecule has 22 heavy (non-hydrogen) atoms. The van der Waals surface area contributed by atoms with Gasteiger partial charge in [-0.25, -0.2) is 0 Å². The van der Waals surface area contributed by atoms with Gasteiger partial charge in [-0.2, -0.15) is 13.2 Å². The molecule has 0 fully saturated rings. The maximum atomic E-state index is 11.9. The van der Waals surface area contributed by atoms with Gasteiger partial charge in [-0.3, -0.25) is 4.79 Å². The van der Waals surface area contributed by atoms with Gasteiger partial charge in [0.15, 0.2) is 0 Å². The summed E-state index contributed by atoms with van der Waals surface area (Å²) in [6, 6.07) is 5.25. The van der Waals surface area contributed by atoms with Gasteiger partial charge < -0.3 is 19.5 Å². The standard InChI is InChI=1S/C14H18F3NO4/c1-20-11-3-4-12(21-2)10(7-11)5-6-18-13(19)8-22-9-14(15,16)17/h3-4,7H,5-6,8-9H2,1-2H3,(H,18,19). The van der Waals surface area contributed by atoms with Crippen molar-refractivity contribution in [1.82, 2.24) is 5.32 Å². The highest BCUT2D eigenvalue weighted by atomic mass is 19.4. The Hall–Kier alpha value is -1.96. The van der Waals surface area contributed by atoms with Crippen LogP contribution in [0.5, 0.6) is 11.5 Å². The Kier molecular flexibility index (Phi) is 6.97. The molecule has 0 atom stereocenters. The van der Waals surface area contributed by atoms with Crippen LogP contribution in [0.1, 0.15) is 5.56 Å². The third-order valence-corrected chi connectivity index (χ3v) is 2.70. The van der Waals surface area contributed by atoms with Gasteiger partial charge in [-0.15, -0.1) is 0 Å². The number of ether oxygens (including phenoxy) is 3. The summed E-state index contributed by atoms with van der Waals surface area (Å²) < 4.78 is 50.1. The lowest BCUT2D eigenvalue weighted by molar-refractivity contribution is -0.175. The largest absolute Gasteiger partial charge is 0.497 e. The zero-order valence-corrected chi connectivity index (χ0v) is 12.3. The van der Waals surface area contributed by atoms with Crippen LogP contribution in [0.25, 0.3) is 0 Å². The molecule has 0 saturated heterocycles. The molecule has 1 N–H and O–H groups in total. The van der Waals surface area contributed by atoms with Gasteiger partial charge >= 0.3 is 6.18 Å². The first-order valence-corrected chi connectivity index (χ1v) is 6.48. The maximum Gasteiger partial charge on any atom is 0.411 e. The second-order valence-corrected chi connectivity index (χ2v) is 4.39. The highest BCUT2D eigenvalue weighted by molar-refractivity contribution is 5.77. The number of hydrogen-bond donors (Lipinski definition) is 1. The number of alkyl halides is 3. The highest BCUT2D eigenvalue weighted by Crippen LogP contribution is 2.24. The van der Waals surface area contributed by atoms with Gasteiger partial charge in [0.05, 0.1) is 14.2 Å². The molecule has 0 aromatic heterocycles. The normalized spacial score (nSPS) is 11.1. The van der Waals surface area contributed by atoms with Crippen LogP contribution in [0.15, 0.2) is 18.2 Å². The Balaban J connectivity index is 2.39. The monoisotopic (exact) mass is 321 g/mol. The van der Waals surface area contributed by atoms with Crippen LogP contribution in [0.3, 0.4) is 0 Å². The predicted octanol–water partition coefficient (Wildman–Crippen LogP) is 1.94. The molecule has 1 amide bonds. The van der Waals surface area contributed by atoms with Crippen molar-refractivity contribution in [2.45, 2.75) is 12.6 Å². The van der Waals surface area contributed by atoms with Crippen LogP contribution < -0.4 is 14.8 Å². The van der Waals surface area contributed by atoms with E-state index in [1.54, 1.807) is 18.2 Å². The van der Waals surface area contributed by atoms with Crippen molar-refractivity contribution in [2.75, 3.05) is 34.0 Å². The van der Waals surface area contributed by atoms with E-state index in [2.05, 4.69) is 10.1 Å². The predicted molar refractivity (Wildman–Crippen MR) is 73.1 cm³/mol. The molecule has 0 aliphatic carbocycles. The smallest absolute Gasteiger partial charge is 0.411 e. The number of amides is 1. The summed E-state index contributed by atoms with van der Waals surface area (Å²) in [6.07, 6.45) is -3.99. The highest BCUT2D eigenvalue weighted by Gasteiger charge is 2.27. The summed E-state index contributed by atoms with van der Waals surface area (Å²) in [5.41, 5.74) is 0.818. The molecular weight excluding hydrogens is 303 g/mol. The topological polar surface area (TPSA) is 56.8 Å². The van der Waals surface area contributed by atoms with E-state index in [1.165, 1.54) is 14.2 Å². The van der Waals surface area contributed by atoms with Gasteiger partial charge in [0.25, 0.3) is 0 Å². The second-order valence-electron chi connectivity index (χ2n) is 4.39. The molecular formula is C14H18F3NO4. The Morgan fingerprint density at radius 1 is 1.23 bits per heavy atom. The first-order valence-electron chi connectivity index (χ1n) is 6.48. The first-order chi connectivity index (χ1) is 10.4. The Morgan fingerprint density at radius 3 is 2.55 bits per heavy atom. The van der Waals surface area contributed by atoms with Gasteiger partial charge in [-0.05, 0) is 30.2 Å². The Bertz CT molecular complexity index is 491. The van der Waals surface area contributed by atoms with Crippen LogP contribution in [0.4, 0.5) is 13.2 Å². The lowest BCUT2D eigenvalue weighted by atomic mass is 10.1. The van der Waals surface area contributed by atoms with Crippen molar-refractivity contribution in [3.63, 3.8) is 0 Å². The first kappa shape index (κ1) is 18.1. The maximum absolute atomic E-state index is 11.9. The van der Waals surface area contributed by atoms with Gasteiger partial charge in [0.2, 0.25) is 5.91 Å². The van der Waals surface area contributed by atoms with E-state index in [4.69, 9.17) is 9.47 Å². The molecule has 0 radical (unpaired) electrons. The molecule has 0 aliphatic rings. The number of carbonyl (C=O) groups excluding carboxylic acids is 1. The number of methoxy groups -OCH3 is 2. The molecule has 1 aromatic carbocycles. The Labute approximate surface area is 126 Å². The quantitative estimate of drug-likeness (QED) is 0.795. The second kappa shape index (κ2) is 8.47. The average molecular weight is 321 g/mol. The molecule has 0 bridgehead atoms. The van der Waals surface area contributed by atoms with E-state index in [0.717, 1.165) is 5.56 Å². The number of halogens is 3. The fourth-order valence-corrected chi connectivity index (χ4v) is 1.72. The summed E-state index contributed by atoms with van der Waals surface area (Å²) in [5.74, 6) is 0.685. The van der Waals surface area contributed by atoms with Gasteiger partial charge in [0, 0.05) is 6.54 Å². The number of nitrogens with one attached hydrogen (secondary N) is 1. The van der Waals surface area contributed by atoms with Crippen LogP contribution in [0.2, 0.25) is 0 Å². The lowest BCUT2D eigenvalue weighted by Gasteiger charge is -2.11. The number of benzene rings is 1. The van der Waals surface area contributed by atoms with E-state index >= 15 is 0 Å². The molecule has 0 aliphatic heterocycles. The molecule has 5 nitrogen and oxygen atoms in total. The minimum atomic E-state index is -4.44. The molecule has 0 saturated carbocycles. The number of rotatable bonds is 8.